The molecule has 1 aromatic carbocycles. The Bertz CT molecular complexity index is 510. The van der Waals surface area contributed by atoms with E-state index in [1.165, 1.54) is 0 Å². The molecular formula is C11H10BrIN2O. The molecule has 0 unspecified atom stereocenters. The minimum absolute atomic E-state index is 0.455. The van der Waals surface area contributed by atoms with Crippen molar-refractivity contribution in [3.8, 4) is 5.69 Å². The molecule has 16 heavy (non-hydrogen) atoms. The maximum Gasteiger partial charge on any atom is 0.0788 e. The number of rotatable bonds is 2. The first-order chi connectivity index (χ1) is 7.58. The third-order valence-electron chi connectivity index (χ3n) is 2.25. The van der Waals surface area contributed by atoms with Gasteiger partial charge in [-0.1, -0.05) is 6.07 Å². The zero-order valence-corrected chi connectivity index (χ0v) is 12.3. The highest BCUT2D eigenvalue weighted by Crippen LogP contribution is 2.25. The highest BCUT2D eigenvalue weighted by atomic mass is 127. The number of aliphatic hydroxyl groups is 1. The lowest BCUT2D eigenvalue weighted by molar-refractivity contribution is 0.199. The number of halogens is 2. The van der Waals surface area contributed by atoms with Crippen LogP contribution in [0.5, 0.6) is 0 Å². The Labute approximate surface area is 116 Å². The van der Waals surface area contributed by atoms with E-state index in [1.54, 1.807) is 17.8 Å². The summed E-state index contributed by atoms with van der Waals surface area (Å²) in [7, 11) is 0. The maximum absolute atomic E-state index is 9.47. The molecule has 0 fully saturated rings. The normalized spacial score (nSPS) is 12.8. The van der Waals surface area contributed by atoms with Crippen molar-refractivity contribution in [2.24, 2.45) is 0 Å². The fraction of sp³-hybridized carbons (Fsp3) is 0.182. The van der Waals surface area contributed by atoms with Gasteiger partial charge in [-0.25, -0.2) is 4.68 Å². The molecule has 0 spiro atoms. The molecule has 0 aliphatic rings. The van der Waals surface area contributed by atoms with Crippen LogP contribution >= 0.6 is 38.5 Å². The molecule has 3 nitrogen and oxygen atoms in total. The molecular weight excluding hydrogens is 383 g/mol. The second-order valence-corrected chi connectivity index (χ2v) is 5.59. The van der Waals surface area contributed by atoms with E-state index in [-0.39, 0.29) is 0 Å². The van der Waals surface area contributed by atoms with Crippen molar-refractivity contribution >= 4 is 38.5 Å². The molecule has 0 aliphatic carbocycles. The van der Waals surface area contributed by atoms with E-state index >= 15 is 0 Å². The van der Waals surface area contributed by atoms with E-state index in [9.17, 15) is 5.11 Å². The minimum atomic E-state index is -0.455. The summed E-state index contributed by atoms with van der Waals surface area (Å²) in [4.78, 5) is 0. The number of hydrogen-bond acceptors (Lipinski definition) is 2. The zero-order chi connectivity index (χ0) is 11.7. The van der Waals surface area contributed by atoms with Crippen LogP contribution in [0.3, 0.4) is 0 Å². The third-order valence-corrected chi connectivity index (χ3v) is 3.44. The van der Waals surface area contributed by atoms with Gasteiger partial charge in [0.15, 0.2) is 0 Å². The SMILES string of the molecule is C[C@@H](O)c1ccc(-n2cc(I)cn2)c(Br)c1. The van der Waals surface area contributed by atoms with E-state index < -0.39 is 6.10 Å². The van der Waals surface area contributed by atoms with Gasteiger partial charge in [-0.15, -0.1) is 0 Å². The van der Waals surface area contributed by atoms with Crippen LogP contribution in [0.4, 0.5) is 0 Å². The average molecular weight is 393 g/mol. The molecule has 2 rings (SSSR count). The van der Waals surface area contributed by atoms with E-state index in [2.05, 4.69) is 43.6 Å². The molecule has 1 atom stereocenters. The maximum atomic E-state index is 9.47. The van der Waals surface area contributed by atoms with E-state index in [0.717, 1.165) is 19.3 Å². The first-order valence-corrected chi connectivity index (χ1v) is 6.63. The predicted molar refractivity (Wildman–Crippen MR) is 74.6 cm³/mol. The summed E-state index contributed by atoms with van der Waals surface area (Å²) in [5.74, 6) is 0. The van der Waals surface area contributed by atoms with Crippen LogP contribution in [0.2, 0.25) is 0 Å². The van der Waals surface area contributed by atoms with Gasteiger partial charge < -0.3 is 5.11 Å². The second kappa shape index (κ2) is 4.85. The molecule has 0 saturated carbocycles. The Kier molecular flexibility index (Phi) is 3.66. The molecule has 0 amide bonds. The van der Waals surface area contributed by atoms with Crippen molar-refractivity contribution in [1.82, 2.24) is 9.78 Å². The Morgan fingerprint density at radius 1 is 1.50 bits per heavy atom. The van der Waals surface area contributed by atoms with Crippen LogP contribution in [0.15, 0.2) is 35.1 Å². The fourth-order valence-corrected chi connectivity index (χ4v) is 2.37. The Hall–Kier alpha value is -0.400. The number of aliphatic hydroxyl groups excluding tert-OH is 1. The van der Waals surface area contributed by atoms with Crippen LogP contribution in [-0.4, -0.2) is 14.9 Å². The number of hydrogen-bond donors (Lipinski definition) is 1. The topological polar surface area (TPSA) is 38.0 Å². The smallest absolute Gasteiger partial charge is 0.0788 e. The highest BCUT2D eigenvalue weighted by molar-refractivity contribution is 14.1. The van der Waals surface area contributed by atoms with Crippen LogP contribution in [0, 0.1) is 3.57 Å². The molecule has 5 heteroatoms. The van der Waals surface area contributed by atoms with Crippen LogP contribution in [-0.2, 0) is 0 Å². The van der Waals surface area contributed by atoms with Gasteiger partial charge in [0.2, 0.25) is 0 Å². The van der Waals surface area contributed by atoms with Crippen LogP contribution in [0.25, 0.3) is 5.69 Å². The van der Waals surface area contributed by atoms with E-state index in [0.29, 0.717) is 0 Å². The molecule has 1 heterocycles. The summed E-state index contributed by atoms with van der Waals surface area (Å²) in [6, 6.07) is 5.75. The van der Waals surface area contributed by atoms with Gasteiger partial charge in [0.1, 0.15) is 0 Å². The Balaban J connectivity index is 2.44. The van der Waals surface area contributed by atoms with Crippen molar-refractivity contribution in [1.29, 1.82) is 0 Å². The summed E-state index contributed by atoms with van der Waals surface area (Å²) < 4.78 is 3.81. The van der Waals surface area contributed by atoms with Gasteiger partial charge in [0, 0.05) is 10.7 Å². The van der Waals surface area contributed by atoms with Crippen molar-refractivity contribution in [2.45, 2.75) is 13.0 Å². The molecule has 0 bridgehead atoms. The lowest BCUT2D eigenvalue weighted by Crippen LogP contribution is -1.98. The second-order valence-electron chi connectivity index (χ2n) is 3.49. The summed E-state index contributed by atoms with van der Waals surface area (Å²) >= 11 is 5.70. The summed E-state index contributed by atoms with van der Waals surface area (Å²) in [6.07, 6.45) is 3.29. The molecule has 0 saturated heterocycles. The average Bonchev–Trinajstić information content (AvgIpc) is 2.64. The summed E-state index contributed by atoms with van der Waals surface area (Å²) in [6.45, 7) is 1.75. The van der Waals surface area contributed by atoms with Gasteiger partial charge in [0.25, 0.3) is 0 Å². The third kappa shape index (κ3) is 2.46. The zero-order valence-electron chi connectivity index (χ0n) is 8.56. The number of benzene rings is 1. The van der Waals surface area contributed by atoms with Gasteiger partial charge in [0.05, 0.1) is 21.6 Å². The first kappa shape index (κ1) is 12.1. The van der Waals surface area contributed by atoms with Crippen LogP contribution < -0.4 is 0 Å². The largest absolute Gasteiger partial charge is 0.389 e. The van der Waals surface area contributed by atoms with Gasteiger partial charge in [-0.2, -0.15) is 5.10 Å². The standard InChI is InChI=1S/C11H10BrIN2O/c1-7(16)8-2-3-11(10(12)4-8)15-6-9(13)5-14-15/h2-7,16H,1H3/t7-/m1/s1. The summed E-state index contributed by atoms with van der Waals surface area (Å²) in [5.41, 5.74) is 1.85. The van der Waals surface area contributed by atoms with Crippen molar-refractivity contribution < 1.29 is 5.11 Å². The molecule has 84 valence electrons. The number of aromatic nitrogens is 2. The van der Waals surface area contributed by atoms with E-state index in [4.69, 9.17) is 0 Å². The Morgan fingerprint density at radius 3 is 2.75 bits per heavy atom. The van der Waals surface area contributed by atoms with Gasteiger partial charge in [-0.3, -0.25) is 0 Å². The molecule has 1 N–H and O–H groups in total. The summed E-state index contributed by atoms with van der Waals surface area (Å²) in [5, 5.41) is 13.7. The number of nitrogens with zero attached hydrogens (tertiary/aromatic N) is 2. The lowest BCUT2D eigenvalue weighted by atomic mass is 10.1. The van der Waals surface area contributed by atoms with Crippen molar-refractivity contribution in [3.63, 3.8) is 0 Å². The lowest BCUT2D eigenvalue weighted by Gasteiger charge is -2.09. The quantitative estimate of drug-likeness (QED) is 0.796. The molecule has 0 radical (unpaired) electrons. The van der Waals surface area contributed by atoms with E-state index in [1.807, 2.05) is 24.4 Å². The van der Waals surface area contributed by atoms with Crippen molar-refractivity contribution in [2.75, 3.05) is 0 Å². The highest BCUT2D eigenvalue weighted by Gasteiger charge is 2.07. The predicted octanol–water partition coefficient (Wildman–Crippen LogP) is 3.29. The van der Waals surface area contributed by atoms with Gasteiger partial charge in [-0.05, 0) is 63.1 Å². The minimum Gasteiger partial charge on any atom is -0.389 e. The molecule has 1 aromatic heterocycles. The van der Waals surface area contributed by atoms with Crippen molar-refractivity contribution in [3.05, 3.63) is 44.2 Å². The Morgan fingerprint density at radius 2 is 2.25 bits per heavy atom. The fourth-order valence-electron chi connectivity index (χ4n) is 1.40. The molecule has 0 aliphatic heterocycles. The van der Waals surface area contributed by atoms with Gasteiger partial charge >= 0.3 is 0 Å². The molecule has 2 aromatic rings. The monoisotopic (exact) mass is 392 g/mol. The first-order valence-electron chi connectivity index (χ1n) is 4.76. The van der Waals surface area contributed by atoms with Crippen LogP contribution in [0.1, 0.15) is 18.6 Å².